The lowest BCUT2D eigenvalue weighted by molar-refractivity contribution is -0.223. The SMILES string of the molecule is Cc1ccc2c(cnn2CC23CC(C(=O)N4N=CCC4c4cccc(C#N)c4)(C2)C3)c1. The number of carbonyl (C=O) groups excluding carboxylic acids is 1. The zero-order valence-electron chi connectivity index (χ0n) is 17.5. The Bertz CT molecular complexity index is 1280. The maximum atomic E-state index is 13.4. The molecule has 0 spiro atoms. The van der Waals surface area contributed by atoms with E-state index in [2.05, 4.69) is 46.1 Å². The van der Waals surface area contributed by atoms with Gasteiger partial charge in [-0.1, -0.05) is 23.8 Å². The highest BCUT2D eigenvalue weighted by Gasteiger charge is 2.72. The minimum atomic E-state index is -0.272. The Morgan fingerprint density at radius 1 is 1.23 bits per heavy atom. The normalized spacial score (nSPS) is 28.3. The minimum Gasteiger partial charge on any atom is -0.272 e. The quantitative estimate of drug-likeness (QED) is 0.643. The molecular weight excluding hydrogens is 386 g/mol. The third kappa shape index (κ3) is 2.66. The van der Waals surface area contributed by atoms with Crippen LogP contribution in [0, 0.1) is 29.1 Å². The van der Waals surface area contributed by atoms with Gasteiger partial charge in [0.15, 0.2) is 0 Å². The number of benzene rings is 2. The number of aryl methyl sites for hydroxylation is 1. The van der Waals surface area contributed by atoms with Gasteiger partial charge in [-0.05, 0) is 61.4 Å². The van der Waals surface area contributed by atoms with Gasteiger partial charge >= 0.3 is 0 Å². The number of hydrogen-bond acceptors (Lipinski definition) is 4. The van der Waals surface area contributed by atoms with Gasteiger partial charge in [-0.25, -0.2) is 5.01 Å². The molecule has 3 aliphatic carbocycles. The molecule has 7 rings (SSSR count). The van der Waals surface area contributed by atoms with Crippen molar-refractivity contribution in [1.82, 2.24) is 14.8 Å². The lowest BCUT2D eigenvalue weighted by atomic mass is 9.34. The second-order valence-electron chi connectivity index (χ2n) is 9.61. The zero-order valence-corrected chi connectivity index (χ0v) is 17.5. The van der Waals surface area contributed by atoms with Gasteiger partial charge in [-0.2, -0.15) is 15.5 Å². The number of hydrazone groups is 1. The average Bonchev–Trinajstić information content (AvgIpc) is 3.36. The van der Waals surface area contributed by atoms with Crippen LogP contribution in [0.15, 0.2) is 53.8 Å². The molecule has 6 heteroatoms. The molecule has 2 heterocycles. The first-order chi connectivity index (χ1) is 15.0. The number of rotatable bonds is 4. The lowest BCUT2D eigenvalue weighted by Gasteiger charge is -2.69. The van der Waals surface area contributed by atoms with Gasteiger partial charge in [-0.3, -0.25) is 9.48 Å². The Morgan fingerprint density at radius 2 is 2.06 bits per heavy atom. The highest BCUT2D eigenvalue weighted by molar-refractivity contribution is 5.88. The van der Waals surface area contributed by atoms with Crippen molar-refractivity contribution in [1.29, 1.82) is 5.26 Å². The van der Waals surface area contributed by atoms with E-state index >= 15 is 0 Å². The molecule has 154 valence electrons. The number of amides is 1. The molecule has 1 unspecified atom stereocenters. The molecule has 1 aliphatic heterocycles. The third-order valence-corrected chi connectivity index (χ3v) is 7.31. The van der Waals surface area contributed by atoms with E-state index in [1.807, 2.05) is 30.6 Å². The smallest absolute Gasteiger partial charge is 0.249 e. The van der Waals surface area contributed by atoms with Gasteiger partial charge in [0.2, 0.25) is 5.91 Å². The van der Waals surface area contributed by atoms with E-state index < -0.39 is 0 Å². The molecule has 3 fully saturated rings. The summed E-state index contributed by atoms with van der Waals surface area (Å²) in [5, 5.41) is 21.1. The van der Waals surface area contributed by atoms with Crippen LogP contribution in [0.2, 0.25) is 0 Å². The lowest BCUT2D eigenvalue weighted by Crippen LogP contribution is -2.68. The zero-order chi connectivity index (χ0) is 21.2. The fourth-order valence-electron chi connectivity index (χ4n) is 5.99. The summed E-state index contributed by atoms with van der Waals surface area (Å²) in [4.78, 5) is 13.4. The Kier molecular flexibility index (Phi) is 3.71. The second kappa shape index (κ2) is 6.27. The summed E-state index contributed by atoms with van der Waals surface area (Å²) in [6, 6.07) is 16.0. The van der Waals surface area contributed by atoms with Crippen LogP contribution >= 0.6 is 0 Å². The van der Waals surface area contributed by atoms with Crippen LogP contribution in [-0.2, 0) is 11.3 Å². The average molecular weight is 409 g/mol. The maximum Gasteiger partial charge on any atom is 0.249 e. The molecule has 0 N–H and O–H groups in total. The van der Waals surface area contributed by atoms with E-state index in [1.54, 1.807) is 11.1 Å². The monoisotopic (exact) mass is 409 g/mol. The number of carbonyl (C=O) groups is 1. The standard InChI is InChI=1S/C25H23N5O/c1-17-5-6-21-20(9-17)12-28-29(21)16-24-13-25(14-24,15-24)23(31)30-22(7-8-27-30)19-4-2-3-18(10-19)11-26/h2-6,8-10,12,22H,7,13-16H2,1H3. The van der Waals surface area contributed by atoms with E-state index in [4.69, 9.17) is 0 Å². The second-order valence-corrected chi connectivity index (χ2v) is 9.61. The molecule has 6 nitrogen and oxygen atoms in total. The molecule has 31 heavy (non-hydrogen) atoms. The van der Waals surface area contributed by atoms with Gasteiger partial charge in [0, 0.05) is 24.6 Å². The Hall–Kier alpha value is -3.46. The van der Waals surface area contributed by atoms with Gasteiger partial charge in [0.25, 0.3) is 0 Å². The van der Waals surface area contributed by atoms with E-state index in [0.717, 1.165) is 36.9 Å². The Morgan fingerprint density at radius 3 is 2.87 bits per heavy atom. The first-order valence-electron chi connectivity index (χ1n) is 10.8. The number of nitrogens with zero attached hydrogens (tertiary/aromatic N) is 5. The van der Waals surface area contributed by atoms with Crippen molar-refractivity contribution in [2.45, 2.75) is 45.2 Å². The van der Waals surface area contributed by atoms with Crippen molar-refractivity contribution >= 4 is 23.0 Å². The third-order valence-electron chi connectivity index (χ3n) is 7.31. The first kappa shape index (κ1) is 18.3. The summed E-state index contributed by atoms with van der Waals surface area (Å²) in [6.07, 6.45) is 7.17. The van der Waals surface area contributed by atoms with E-state index in [1.165, 1.54) is 10.9 Å². The number of hydrogen-bond donors (Lipinski definition) is 0. The fraction of sp³-hybridized carbons (Fsp3) is 0.360. The van der Waals surface area contributed by atoms with Crippen molar-refractivity contribution in [2.75, 3.05) is 0 Å². The predicted octanol–water partition coefficient (Wildman–Crippen LogP) is 4.35. The van der Waals surface area contributed by atoms with Crippen LogP contribution in [0.25, 0.3) is 10.9 Å². The molecule has 1 amide bonds. The summed E-state index contributed by atoms with van der Waals surface area (Å²) in [6.45, 7) is 2.96. The molecule has 1 atom stereocenters. The van der Waals surface area contributed by atoms with Crippen molar-refractivity contribution in [2.24, 2.45) is 15.9 Å². The van der Waals surface area contributed by atoms with Crippen molar-refractivity contribution in [3.8, 4) is 6.07 Å². The number of fused-ring (bicyclic) bond motifs is 1. The summed E-state index contributed by atoms with van der Waals surface area (Å²) in [5.41, 5.74) is 3.90. The van der Waals surface area contributed by atoms with Crippen molar-refractivity contribution in [3.05, 3.63) is 65.4 Å². The van der Waals surface area contributed by atoms with Crippen LogP contribution in [-0.4, -0.2) is 26.9 Å². The van der Waals surface area contributed by atoms with Gasteiger partial charge < -0.3 is 0 Å². The summed E-state index contributed by atoms with van der Waals surface area (Å²) >= 11 is 0. The largest absolute Gasteiger partial charge is 0.272 e. The van der Waals surface area contributed by atoms with Crippen LogP contribution in [0.1, 0.15) is 48.4 Å². The van der Waals surface area contributed by atoms with E-state index in [-0.39, 0.29) is 22.8 Å². The molecule has 3 aromatic rings. The van der Waals surface area contributed by atoms with Gasteiger partial charge in [-0.15, -0.1) is 0 Å². The van der Waals surface area contributed by atoms with Crippen LogP contribution < -0.4 is 0 Å². The first-order valence-corrected chi connectivity index (χ1v) is 10.8. The molecule has 0 saturated heterocycles. The minimum absolute atomic E-state index is 0.107. The highest BCUT2D eigenvalue weighted by Crippen LogP contribution is 2.74. The fourth-order valence-corrected chi connectivity index (χ4v) is 5.99. The molecule has 3 saturated carbocycles. The van der Waals surface area contributed by atoms with E-state index in [9.17, 15) is 10.1 Å². The van der Waals surface area contributed by atoms with E-state index in [0.29, 0.717) is 12.0 Å². The highest BCUT2D eigenvalue weighted by atomic mass is 16.2. The molecule has 1 aromatic heterocycles. The van der Waals surface area contributed by atoms with Crippen molar-refractivity contribution < 1.29 is 4.79 Å². The van der Waals surface area contributed by atoms with Crippen molar-refractivity contribution in [3.63, 3.8) is 0 Å². The predicted molar refractivity (Wildman–Crippen MR) is 117 cm³/mol. The molecule has 2 bridgehead atoms. The topological polar surface area (TPSA) is 74.3 Å². The van der Waals surface area contributed by atoms with Gasteiger partial charge in [0.1, 0.15) is 0 Å². The summed E-state index contributed by atoms with van der Waals surface area (Å²) in [7, 11) is 0. The molecular formula is C25H23N5O. The van der Waals surface area contributed by atoms with Crippen LogP contribution in [0.3, 0.4) is 0 Å². The van der Waals surface area contributed by atoms with Crippen LogP contribution in [0.4, 0.5) is 0 Å². The van der Waals surface area contributed by atoms with Crippen LogP contribution in [0.5, 0.6) is 0 Å². The summed E-state index contributed by atoms with van der Waals surface area (Å²) in [5.74, 6) is 0.136. The number of aromatic nitrogens is 2. The number of nitriles is 1. The maximum absolute atomic E-state index is 13.4. The summed E-state index contributed by atoms with van der Waals surface area (Å²) < 4.78 is 2.10. The molecule has 2 aromatic carbocycles. The Balaban J connectivity index is 1.17. The molecule has 0 radical (unpaired) electrons. The van der Waals surface area contributed by atoms with Gasteiger partial charge in [0.05, 0.1) is 34.8 Å². The molecule has 4 aliphatic rings. The Labute approximate surface area is 180 Å².